The maximum Gasteiger partial charge on any atom is 0.262 e. The van der Waals surface area contributed by atoms with Crippen LogP contribution in [0.25, 0.3) is 0 Å². The summed E-state index contributed by atoms with van der Waals surface area (Å²) in [5, 5.41) is 2.79. The summed E-state index contributed by atoms with van der Waals surface area (Å²) in [6.07, 6.45) is 1.71. The predicted molar refractivity (Wildman–Crippen MR) is 115 cm³/mol. The average Bonchev–Trinajstić information content (AvgIpc) is 2.72. The number of ether oxygens (including phenoxy) is 2. The zero-order valence-electron chi connectivity index (χ0n) is 15.3. The number of anilines is 1. The summed E-state index contributed by atoms with van der Waals surface area (Å²) in [6.45, 7) is -0.0973. The lowest BCUT2D eigenvalue weighted by Crippen LogP contribution is -2.20. The molecule has 1 amide bonds. The molecular formula is C22H19BrN2O3. The molecule has 5 nitrogen and oxygen atoms in total. The highest BCUT2D eigenvalue weighted by atomic mass is 79.9. The third-order valence-corrected chi connectivity index (χ3v) is 4.31. The Kier molecular flexibility index (Phi) is 6.81. The van der Waals surface area contributed by atoms with Gasteiger partial charge in [0.25, 0.3) is 5.91 Å². The molecule has 0 heterocycles. The van der Waals surface area contributed by atoms with Crippen molar-refractivity contribution in [2.24, 2.45) is 4.99 Å². The van der Waals surface area contributed by atoms with Crippen molar-refractivity contribution in [3.05, 3.63) is 82.8 Å². The van der Waals surface area contributed by atoms with Crippen molar-refractivity contribution < 1.29 is 14.3 Å². The van der Waals surface area contributed by atoms with E-state index in [2.05, 4.69) is 26.2 Å². The van der Waals surface area contributed by atoms with Crippen LogP contribution < -0.4 is 14.8 Å². The molecule has 6 heteroatoms. The van der Waals surface area contributed by atoms with Crippen molar-refractivity contribution in [3.63, 3.8) is 0 Å². The number of nitrogens with one attached hydrogen (secondary N) is 1. The first-order valence-electron chi connectivity index (χ1n) is 8.59. The van der Waals surface area contributed by atoms with Gasteiger partial charge in [-0.05, 0) is 54.6 Å². The minimum Gasteiger partial charge on any atom is -0.497 e. The second kappa shape index (κ2) is 9.71. The van der Waals surface area contributed by atoms with Crippen LogP contribution in [0, 0.1) is 0 Å². The summed E-state index contributed by atoms with van der Waals surface area (Å²) in [5.74, 6) is 1.12. The van der Waals surface area contributed by atoms with Gasteiger partial charge in [-0.2, -0.15) is 0 Å². The number of benzene rings is 3. The lowest BCUT2D eigenvalue weighted by molar-refractivity contribution is -0.118. The van der Waals surface area contributed by atoms with E-state index in [9.17, 15) is 4.79 Å². The van der Waals surface area contributed by atoms with Gasteiger partial charge in [-0.3, -0.25) is 9.79 Å². The molecule has 0 atom stereocenters. The highest BCUT2D eigenvalue weighted by molar-refractivity contribution is 9.10. The van der Waals surface area contributed by atoms with Gasteiger partial charge < -0.3 is 14.8 Å². The van der Waals surface area contributed by atoms with Gasteiger partial charge in [0.1, 0.15) is 11.5 Å². The van der Waals surface area contributed by atoms with Gasteiger partial charge in [-0.15, -0.1) is 0 Å². The quantitative estimate of drug-likeness (QED) is 0.514. The highest BCUT2D eigenvalue weighted by Crippen LogP contribution is 2.23. The van der Waals surface area contributed by atoms with E-state index in [0.29, 0.717) is 5.75 Å². The van der Waals surface area contributed by atoms with Crippen LogP contribution in [-0.2, 0) is 4.79 Å². The first kappa shape index (κ1) is 19.6. The third kappa shape index (κ3) is 5.69. The molecule has 142 valence electrons. The maximum absolute atomic E-state index is 12.1. The number of halogens is 1. The summed E-state index contributed by atoms with van der Waals surface area (Å²) >= 11 is 3.45. The first-order valence-corrected chi connectivity index (χ1v) is 9.39. The lowest BCUT2D eigenvalue weighted by atomic mass is 10.2. The Labute approximate surface area is 172 Å². The molecule has 1 N–H and O–H groups in total. The molecule has 0 saturated heterocycles. The molecule has 0 aromatic heterocycles. The summed E-state index contributed by atoms with van der Waals surface area (Å²) in [4.78, 5) is 16.6. The van der Waals surface area contributed by atoms with E-state index in [4.69, 9.17) is 9.47 Å². The molecule has 0 saturated carbocycles. The summed E-state index contributed by atoms with van der Waals surface area (Å²) in [6, 6.07) is 22.2. The molecule has 0 aliphatic heterocycles. The first-order chi connectivity index (χ1) is 13.6. The van der Waals surface area contributed by atoms with Crippen molar-refractivity contribution in [2.45, 2.75) is 0 Å². The Morgan fingerprint density at radius 1 is 1.07 bits per heavy atom. The molecule has 0 spiro atoms. The van der Waals surface area contributed by atoms with Crippen LogP contribution in [0.5, 0.6) is 11.5 Å². The van der Waals surface area contributed by atoms with E-state index in [1.807, 2.05) is 66.7 Å². The largest absolute Gasteiger partial charge is 0.497 e. The summed E-state index contributed by atoms with van der Waals surface area (Å²) < 4.78 is 11.7. The number of nitrogens with zero attached hydrogens (tertiary/aromatic N) is 1. The fourth-order valence-electron chi connectivity index (χ4n) is 2.43. The Balaban J connectivity index is 1.67. The van der Waals surface area contributed by atoms with Gasteiger partial charge in [0, 0.05) is 21.9 Å². The van der Waals surface area contributed by atoms with Crippen molar-refractivity contribution in [1.29, 1.82) is 0 Å². The smallest absolute Gasteiger partial charge is 0.262 e. The van der Waals surface area contributed by atoms with Crippen LogP contribution in [-0.4, -0.2) is 25.8 Å². The molecule has 28 heavy (non-hydrogen) atoms. The molecule has 0 aliphatic rings. The number of carbonyl (C=O) groups is 1. The van der Waals surface area contributed by atoms with Gasteiger partial charge in [0.15, 0.2) is 6.61 Å². The number of para-hydroxylation sites is 1. The minimum absolute atomic E-state index is 0.0973. The van der Waals surface area contributed by atoms with Gasteiger partial charge >= 0.3 is 0 Å². The Morgan fingerprint density at radius 2 is 1.82 bits per heavy atom. The van der Waals surface area contributed by atoms with Crippen LogP contribution in [0.3, 0.4) is 0 Å². The normalized spacial score (nSPS) is 10.6. The SMILES string of the molecule is COc1ccc(N=Cc2cc(Br)ccc2OCC(=O)Nc2ccccc2)cc1. The number of hydrogen-bond donors (Lipinski definition) is 1. The molecule has 0 unspecified atom stereocenters. The van der Waals surface area contributed by atoms with Crippen LogP contribution in [0.1, 0.15) is 5.56 Å². The van der Waals surface area contributed by atoms with Crippen molar-refractivity contribution >= 4 is 39.4 Å². The standard InChI is InChI=1S/C22H19BrN2O3/c1-27-20-10-8-18(9-11-20)24-14-16-13-17(23)7-12-21(16)28-15-22(26)25-19-5-3-2-4-6-19/h2-14H,15H2,1H3,(H,25,26). The molecule has 3 aromatic carbocycles. The maximum atomic E-state index is 12.1. The number of rotatable bonds is 7. The monoisotopic (exact) mass is 438 g/mol. The van der Waals surface area contributed by atoms with E-state index in [1.165, 1.54) is 0 Å². The van der Waals surface area contributed by atoms with Crippen molar-refractivity contribution in [1.82, 2.24) is 0 Å². The summed E-state index contributed by atoms with van der Waals surface area (Å²) in [5.41, 5.74) is 2.28. The van der Waals surface area contributed by atoms with Crippen LogP contribution in [0.4, 0.5) is 11.4 Å². The highest BCUT2D eigenvalue weighted by Gasteiger charge is 2.07. The number of hydrogen-bond acceptors (Lipinski definition) is 4. The number of amides is 1. The molecule has 0 radical (unpaired) electrons. The number of methoxy groups -OCH3 is 1. The number of aliphatic imine (C=N–C) groups is 1. The van der Waals surface area contributed by atoms with Gasteiger partial charge in [0.2, 0.25) is 0 Å². The van der Waals surface area contributed by atoms with Crippen LogP contribution in [0.2, 0.25) is 0 Å². The van der Waals surface area contributed by atoms with E-state index in [1.54, 1.807) is 19.4 Å². The summed E-state index contributed by atoms with van der Waals surface area (Å²) in [7, 11) is 1.62. The second-order valence-electron chi connectivity index (χ2n) is 5.84. The van der Waals surface area contributed by atoms with E-state index >= 15 is 0 Å². The minimum atomic E-state index is -0.229. The van der Waals surface area contributed by atoms with E-state index < -0.39 is 0 Å². The Morgan fingerprint density at radius 3 is 2.54 bits per heavy atom. The molecule has 0 aliphatic carbocycles. The van der Waals surface area contributed by atoms with Gasteiger partial charge in [-0.25, -0.2) is 0 Å². The van der Waals surface area contributed by atoms with E-state index in [-0.39, 0.29) is 12.5 Å². The van der Waals surface area contributed by atoms with Crippen molar-refractivity contribution in [2.75, 3.05) is 19.0 Å². The molecule has 0 fully saturated rings. The van der Waals surface area contributed by atoms with Crippen LogP contribution >= 0.6 is 15.9 Å². The molecular weight excluding hydrogens is 420 g/mol. The molecule has 3 aromatic rings. The lowest BCUT2D eigenvalue weighted by Gasteiger charge is -2.10. The average molecular weight is 439 g/mol. The van der Waals surface area contributed by atoms with E-state index in [0.717, 1.165) is 27.2 Å². The van der Waals surface area contributed by atoms with Gasteiger partial charge in [0.05, 0.1) is 12.8 Å². The van der Waals surface area contributed by atoms with Gasteiger partial charge in [-0.1, -0.05) is 34.1 Å². The second-order valence-corrected chi connectivity index (χ2v) is 6.76. The Bertz CT molecular complexity index is 957. The zero-order valence-corrected chi connectivity index (χ0v) is 16.8. The predicted octanol–water partition coefficient (Wildman–Crippen LogP) is 5.23. The Hall–Kier alpha value is -3.12. The molecule has 0 bridgehead atoms. The fraction of sp³-hybridized carbons (Fsp3) is 0.0909. The zero-order chi connectivity index (χ0) is 19.8. The number of carbonyl (C=O) groups excluding carboxylic acids is 1. The van der Waals surface area contributed by atoms with Crippen LogP contribution in [0.15, 0.2) is 82.3 Å². The topological polar surface area (TPSA) is 59.9 Å². The van der Waals surface area contributed by atoms with Crippen molar-refractivity contribution in [3.8, 4) is 11.5 Å². The third-order valence-electron chi connectivity index (χ3n) is 3.81. The fourth-order valence-corrected chi connectivity index (χ4v) is 2.80. The molecule has 3 rings (SSSR count).